The standard InChI is InChI=1S/C15H14ClNO2/c1-10-8-13(18)6-7-14(10)15(17-19-2)11-4-3-5-12(16)9-11/h3-9,18H,1-2H3. The summed E-state index contributed by atoms with van der Waals surface area (Å²) in [6.45, 7) is 1.91. The van der Waals surface area contributed by atoms with Gasteiger partial charge in [0.05, 0.1) is 0 Å². The summed E-state index contributed by atoms with van der Waals surface area (Å²) in [6.07, 6.45) is 0. The summed E-state index contributed by atoms with van der Waals surface area (Å²) in [6, 6.07) is 12.5. The van der Waals surface area contributed by atoms with E-state index in [2.05, 4.69) is 5.16 Å². The zero-order valence-electron chi connectivity index (χ0n) is 10.7. The van der Waals surface area contributed by atoms with Gasteiger partial charge in [0, 0.05) is 16.1 Å². The quantitative estimate of drug-likeness (QED) is 0.685. The average Bonchev–Trinajstić information content (AvgIpc) is 2.37. The number of aromatic hydroxyl groups is 1. The van der Waals surface area contributed by atoms with Crippen molar-refractivity contribution in [2.45, 2.75) is 6.92 Å². The summed E-state index contributed by atoms with van der Waals surface area (Å²) < 4.78 is 0. The molecule has 2 rings (SSSR count). The second-order valence-electron chi connectivity index (χ2n) is 4.13. The highest BCUT2D eigenvalue weighted by molar-refractivity contribution is 6.31. The van der Waals surface area contributed by atoms with Crippen molar-refractivity contribution in [2.75, 3.05) is 7.11 Å². The molecule has 0 heterocycles. The molecular formula is C15H14ClNO2. The molecule has 2 aromatic carbocycles. The van der Waals surface area contributed by atoms with E-state index in [1.165, 1.54) is 7.11 Å². The molecule has 0 aliphatic heterocycles. The summed E-state index contributed by atoms with van der Waals surface area (Å²) in [5.74, 6) is 0.226. The molecule has 0 saturated heterocycles. The molecule has 98 valence electrons. The van der Waals surface area contributed by atoms with E-state index in [0.717, 1.165) is 16.7 Å². The third-order valence-electron chi connectivity index (χ3n) is 2.75. The molecule has 0 aliphatic rings. The second kappa shape index (κ2) is 5.76. The van der Waals surface area contributed by atoms with E-state index in [1.54, 1.807) is 18.2 Å². The van der Waals surface area contributed by atoms with E-state index in [0.29, 0.717) is 10.7 Å². The number of hydrogen-bond acceptors (Lipinski definition) is 3. The van der Waals surface area contributed by atoms with Crippen LogP contribution in [0.25, 0.3) is 0 Å². The van der Waals surface area contributed by atoms with Gasteiger partial charge >= 0.3 is 0 Å². The van der Waals surface area contributed by atoms with Gasteiger partial charge in [0.1, 0.15) is 18.6 Å². The zero-order valence-corrected chi connectivity index (χ0v) is 11.5. The van der Waals surface area contributed by atoms with Crippen LogP contribution >= 0.6 is 11.6 Å². The molecule has 3 nitrogen and oxygen atoms in total. The number of nitrogens with zero attached hydrogens (tertiary/aromatic N) is 1. The Kier molecular flexibility index (Phi) is 4.07. The molecular weight excluding hydrogens is 262 g/mol. The van der Waals surface area contributed by atoms with Crippen LogP contribution in [0.1, 0.15) is 16.7 Å². The predicted molar refractivity (Wildman–Crippen MR) is 76.9 cm³/mol. The van der Waals surface area contributed by atoms with Crippen LogP contribution in [0.2, 0.25) is 5.02 Å². The highest BCUT2D eigenvalue weighted by atomic mass is 35.5. The number of benzene rings is 2. The van der Waals surface area contributed by atoms with Gasteiger partial charge in [-0.3, -0.25) is 0 Å². The number of aryl methyl sites for hydroxylation is 1. The third kappa shape index (κ3) is 3.06. The van der Waals surface area contributed by atoms with E-state index in [-0.39, 0.29) is 5.75 Å². The van der Waals surface area contributed by atoms with Gasteiger partial charge in [0.25, 0.3) is 0 Å². The minimum absolute atomic E-state index is 0.226. The second-order valence-corrected chi connectivity index (χ2v) is 4.57. The minimum atomic E-state index is 0.226. The summed E-state index contributed by atoms with van der Waals surface area (Å²) in [5.41, 5.74) is 3.35. The Morgan fingerprint density at radius 3 is 2.63 bits per heavy atom. The monoisotopic (exact) mass is 275 g/mol. The first kappa shape index (κ1) is 13.4. The lowest BCUT2D eigenvalue weighted by Crippen LogP contribution is -2.06. The Morgan fingerprint density at radius 2 is 2.00 bits per heavy atom. The maximum absolute atomic E-state index is 9.47. The van der Waals surface area contributed by atoms with E-state index >= 15 is 0 Å². The van der Waals surface area contributed by atoms with Crippen molar-refractivity contribution in [3.05, 3.63) is 64.2 Å². The van der Waals surface area contributed by atoms with Gasteiger partial charge < -0.3 is 9.94 Å². The normalized spacial score (nSPS) is 11.4. The number of rotatable bonds is 3. The van der Waals surface area contributed by atoms with Crippen LogP contribution in [0, 0.1) is 6.92 Å². The number of phenolic OH excluding ortho intramolecular Hbond substituents is 1. The molecule has 1 N–H and O–H groups in total. The van der Waals surface area contributed by atoms with Crippen molar-refractivity contribution in [1.82, 2.24) is 0 Å². The first-order chi connectivity index (χ1) is 9.11. The van der Waals surface area contributed by atoms with Crippen LogP contribution in [0.15, 0.2) is 47.6 Å². The van der Waals surface area contributed by atoms with Crippen LogP contribution in [0.5, 0.6) is 5.75 Å². The average molecular weight is 276 g/mol. The molecule has 0 fully saturated rings. The Labute approximate surface area is 117 Å². The molecule has 0 saturated carbocycles. The topological polar surface area (TPSA) is 41.8 Å². The Balaban J connectivity index is 2.55. The van der Waals surface area contributed by atoms with Crippen LogP contribution in [-0.4, -0.2) is 17.9 Å². The lowest BCUT2D eigenvalue weighted by molar-refractivity contribution is 0.214. The van der Waals surface area contributed by atoms with Gasteiger partial charge in [-0.25, -0.2) is 0 Å². The lowest BCUT2D eigenvalue weighted by atomic mass is 9.98. The third-order valence-corrected chi connectivity index (χ3v) is 2.98. The van der Waals surface area contributed by atoms with Gasteiger partial charge in [0.15, 0.2) is 0 Å². The summed E-state index contributed by atoms with van der Waals surface area (Å²) >= 11 is 6.01. The number of phenols is 1. The van der Waals surface area contributed by atoms with Gasteiger partial charge in [-0.2, -0.15) is 0 Å². The maximum Gasteiger partial charge on any atom is 0.117 e. The van der Waals surface area contributed by atoms with Crippen molar-refractivity contribution in [1.29, 1.82) is 0 Å². The summed E-state index contributed by atoms with van der Waals surface area (Å²) in [4.78, 5) is 4.92. The molecule has 0 radical (unpaired) electrons. The summed E-state index contributed by atoms with van der Waals surface area (Å²) in [5, 5.41) is 14.2. The summed E-state index contributed by atoms with van der Waals surface area (Å²) in [7, 11) is 1.50. The first-order valence-electron chi connectivity index (χ1n) is 5.79. The number of oxime groups is 1. The smallest absolute Gasteiger partial charge is 0.117 e. The Morgan fingerprint density at radius 1 is 1.21 bits per heavy atom. The first-order valence-corrected chi connectivity index (χ1v) is 6.16. The number of halogens is 1. The van der Waals surface area contributed by atoms with E-state index in [9.17, 15) is 5.11 Å². The van der Waals surface area contributed by atoms with Crippen molar-refractivity contribution in [2.24, 2.45) is 5.16 Å². The van der Waals surface area contributed by atoms with Crippen LogP contribution < -0.4 is 0 Å². The van der Waals surface area contributed by atoms with Crippen LogP contribution in [-0.2, 0) is 4.84 Å². The largest absolute Gasteiger partial charge is 0.508 e. The molecule has 19 heavy (non-hydrogen) atoms. The predicted octanol–water partition coefficient (Wildman–Crippen LogP) is 3.75. The van der Waals surface area contributed by atoms with Crippen LogP contribution in [0.4, 0.5) is 0 Å². The zero-order chi connectivity index (χ0) is 13.8. The van der Waals surface area contributed by atoms with Crippen molar-refractivity contribution < 1.29 is 9.94 Å². The Hall–Kier alpha value is -2.00. The van der Waals surface area contributed by atoms with Crippen molar-refractivity contribution in [3.8, 4) is 5.75 Å². The SMILES string of the molecule is CON=C(c1cccc(Cl)c1)c1ccc(O)cc1C. The van der Waals surface area contributed by atoms with E-state index in [4.69, 9.17) is 16.4 Å². The molecule has 0 aliphatic carbocycles. The molecule has 2 aromatic rings. The highest BCUT2D eigenvalue weighted by Gasteiger charge is 2.11. The highest BCUT2D eigenvalue weighted by Crippen LogP contribution is 2.21. The lowest BCUT2D eigenvalue weighted by Gasteiger charge is -2.10. The van der Waals surface area contributed by atoms with E-state index < -0.39 is 0 Å². The fourth-order valence-corrected chi connectivity index (χ4v) is 2.09. The minimum Gasteiger partial charge on any atom is -0.508 e. The molecule has 0 aromatic heterocycles. The molecule has 0 bridgehead atoms. The molecule has 0 amide bonds. The van der Waals surface area contributed by atoms with Gasteiger partial charge in [-0.15, -0.1) is 0 Å². The Bertz CT molecular complexity index is 623. The van der Waals surface area contributed by atoms with E-state index in [1.807, 2.05) is 31.2 Å². The van der Waals surface area contributed by atoms with Crippen molar-refractivity contribution >= 4 is 17.3 Å². The fourth-order valence-electron chi connectivity index (χ4n) is 1.90. The molecule has 0 atom stereocenters. The molecule has 0 spiro atoms. The number of hydrogen-bond donors (Lipinski definition) is 1. The van der Waals surface area contributed by atoms with Gasteiger partial charge in [-0.1, -0.05) is 28.9 Å². The van der Waals surface area contributed by atoms with Gasteiger partial charge in [0.2, 0.25) is 0 Å². The molecule has 4 heteroatoms. The van der Waals surface area contributed by atoms with Crippen molar-refractivity contribution in [3.63, 3.8) is 0 Å². The fraction of sp³-hybridized carbons (Fsp3) is 0.133. The molecule has 0 unspecified atom stereocenters. The maximum atomic E-state index is 9.47. The van der Waals surface area contributed by atoms with Gasteiger partial charge in [-0.05, 0) is 42.8 Å². The van der Waals surface area contributed by atoms with Crippen LogP contribution in [0.3, 0.4) is 0 Å².